The summed E-state index contributed by atoms with van der Waals surface area (Å²) < 4.78 is 8.93. The fourth-order valence-electron chi connectivity index (χ4n) is 7.78. The molecule has 3 heterocycles. The molecule has 0 saturated heterocycles. The van der Waals surface area contributed by atoms with E-state index in [1.54, 1.807) is 0 Å². The van der Waals surface area contributed by atoms with E-state index in [9.17, 15) is 0 Å². The number of ether oxygens (including phenoxy) is 1. The van der Waals surface area contributed by atoms with E-state index in [1.165, 1.54) is 27.3 Å². The third-order valence-corrected chi connectivity index (χ3v) is 13.1. The third kappa shape index (κ3) is 7.78. The molecule has 0 unspecified atom stereocenters. The number of pyridine rings is 1. The van der Waals surface area contributed by atoms with E-state index >= 15 is 0 Å². The molecule has 1 aliphatic heterocycles. The second kappa shape index (κ2) is 14.9. The van der Waals surface area contributed by atoms with E-state index in [2.05, 4.69) is 200 Å². The molecule has 0 aliphatic carbocycles. The smallest absolute Gasteiger partial charge is 0.135 e. The van der Waals surface area contributed by atoms with Crippen LogP contribution in [0.15, 0.2) is 109 Å². The molecular weight excluding hydrogens is 908 g/mol. The Morgan fingerprint density at radius 3 is 1.88 bits per heavy atom. The van der Waals surface area contributed by atoms with Crippen molar-refractivity contribution in [2.24, 2.45) is 0 Å². The van der Waals surface area contributed by atoms with E-state index in [1.807, 2.05) is 24.4 Å². The molecule has 58 heavy (non-hydrogen) atoms. The predicted octanol–water partition coefficient (Wildman–Crippen LogP) is 13.4. The first-order valence-corrected chi connectivity index (χ1v) is 23.6. The molecule has 7 aromatic rings. The van der Waals surface area contributed by atoms with Crippen LogP contribution in [-0.4, -0.2) is 17.6 Å². The van der Waals surface area contributed by atoms with E-state index in [-0.39, 0.29) is 37.3 Å². The molecule has 8 rings (SSSR count). The molecule has 7 heteroatoms. The zero-order valence-corrected chi connectivity index (χ0v) is 39.3. The van der Waals surface area contributed by atoms with Crippen molar-refractivity contribution in [1.29, 1.82) is 0 Å². The molecule has 0 fully saturated rings. The van der Waals surface area contributed by atoms with E-state index in [4.69, 9.17) is 9.72 Å². The van der Waals surface area contributed by atoms with Crippen LogP contribution in [0, 0.1) is 18.8 Å². The number of anilines is 4. The normalized spacial score (nSPS) is 13.6. The zero-order valence-electron chi connectivity index (χ0n) is 36.0. The molecule has 0 N–H and O–H groups in total. The molecule has 0 saturated carbocycles. The minimum atomic E-state index is -1.71. The summed E-state index contributed by atoms with van der Waals surface area (Å²) >= 11 is 0. The van der Waals surface area contributed by atoms with Crippen molar-refractivity contribution in [2.75, 3.05) is 9.80 Å². The first-order chi connectivity index (χ1) is 26.8. The van der Waals surface area contributed by atoms with Crippen molar-refractivity contribution >= 4 is 57.8 Å². The topological polar surface area (TPSA) is 33.5 Å². The summed E-state index contributed by atoms with van der Waals surface area (Å²) in [6, 6.07) is 44.3. The minimum Gasteiger partial charge on any atom is -0.509 e. The second-order valence-electron chi connectivity index (χ2n) is 19.6. The van der Waals surface area contributed by atoms with Gasteiger partial charge in [-0.15, -0.1) is 48.1 Å². The summed E-state index contributed by atoms with van der Waals surface area (Å²) in [6.45, 7) is 29.9. The Morgan fingerprint density at radius 2 is 1.24 bits per heavy atom. The van der Waals surface area contributed by atoms with Gasteiger partial charge in [0.25, 0.3) is 0 Å². The van der Waals surface area contributed by atoms with Crippen molar-refractivity contribution in [3.8, 4) is 17.3 Å². The maximum absolute atomic E-state index is 6.66. The summed E-state index contributed by atoms with van der Waals surface area (Å²) in [5, 5.41) is 3.86. The fraction of sp³-hybridized carbons (Fsp3) is 0.294. The van der Waals surface area contributed by atoms with Gasteiger partial charge < -0.3 is 19.1 Å². The molecule has 0 bridgehead atoms. The second-order valence-corrected chi connectivity index (χ2v) is 24.7. The molecule has 2 aromatic heterocycles. The quantitative estimate of drug-likeness (QED) is 0.123. The molecule has 0 amide bonds. The van der Waals surface area contributed by atoms with E-state index in [0.29, 0.717) is 11.5 Å². The first kappa shape index (κ1) is 41.5. The number of nitrogens with zero attached hydrogens (tertiary/aromatic N) is 4. The molecule has 0 spiro atoms. The fourth-order valence-corrected chi connectivity index (χ4v) is 9.39. The van der Waals surface area contributed by atoms with Crippen LogP contribution in [0.3, 0.4) is 0 Å². The Morgan fingerprint density at radius 1 is 0.621 bits per heavy atom. The zero-order chi connectivity index (χ0) is 40.7. The van der Waals surface area contributed by atoms with Crippen molar-refractivity contribution < 1.29 is 25.8 Å². The van der Waals surface area contributed by atoms with Crippen LogP contribution >= 0.6 is 0 Å². The van der Waals surface area contributed by atoms with Crippen LogP contribution in [0.1, 0.15) is 79.0 Å². The van der Waals surface area contributed by atoms with Gasteiger partial charge in [0, 0.05) is 61.3 Å². The van der Waals surface area contributed by atoms with Gasteiger partial charge in [-0.05, 0) is 80.8 Å². The molecule has 5 aromatic carbocycles. The van der Waals surface area contributed by atoms with Gasteiger partial charge in [-0.3, -0.25) is 0 Å². The van der Waals surface area contributed by atoms with Crippen molar-refractivity contribution in [3.63, 3.8) is 0 Å². The summed E-state index contributed by atoms with van der Waals surface area (Å²) in [4.78, 5) is 9.44. The van der Waals surface area contributed by atoms with Gasteiger partial charge in [-0.25, -0.2) is 4.98 Å². The van der Waals surface area contributed by atoms with Crippen molar-refractivity contribution in [1.82, 2.24) is 9.55 Å². The monoisotopic (exact) mass is 962 g/mol. The van der Waals surface area contributed by atoms with Gasteiger partial charge in [0.1, 0.15) is 5.82 Å². The van der Waals surface area contributed by atoms with Gasteiger partial charge in [0.15, 0.2) is 0 Å². The SMILES string of the molecule is CC(C)(C)c1cc(N2[CH-]N(c3[c-]c(Oc4[c-]c5c(cc4)c4c([Si](C)(C)C)cccc4n5-c4cc(C(C)(C)C)ccn4)ccc3)c3ccccc32)cc(C(C)(C)C)c1.[Pt]. The first-order valence-electron chi connectivity index (χ1n) is 20.1. The molecule has 5 nitrogen and oxygen atoms in total. The van der Waals surface area contributed by atoms with E-state index in [0.717, 1.165) is 45.0 Å². The largest absolute Gasteiger partial charge is 0.509 e. The average Bonchev–Trinajstić information content (AvgIpc) is 3.69. The third-order valence-electron chi connectivity index (χ3n) is 11.1. The van der Waals surface area contributed by atoms with Crippen molar-refractivity contribution in [2.45, 2.75) is 98.2 Å². The Kier molecular flexibility index (Phi) is 10.6. The molecule has 1 aliphatic rings. The number of para-hydroxylation sites is 2. The minimum absolute atomic E-state index is 0. The van der Waals surface area contributed by atoms with E-state index < -0.39 is 8.07 Å². The molecule has 0 radical (unpaired) electrons. The summed E-state index contributed by atoms with van der Waals surface area (Å²) in [6.07, 6.45) is 1.93. The van der Waals surface area contributed by atoms with Gasteiger partial charge in [0.05, 0.1) is 8.07 Å². The van der Waals surface area contributed by atoms with Gasteiger partial charge in [0.2, 0.25) is 0 Å². The predicted molar refractivity (Wildman–Crippen MR) is 243 cm³/mol. The van der Waals surface area contributed by atoms with Crippen LogP contribution < -0.4 is 19.7 Å². The maximum Gasteiger partial charge on any atom is 0.135 e. The van der Waals surface area contributed by atoms with Gasteiger partial charge in [-0.1, -0.05) is 123 Å². The Labute approximate surface area is 361 Å². The Balaban J connectivity index is 0.00000512. The maximum atomic E-state index is 6.66. The standard InChI is InChI=1S/C51H55N4OSi.Pt/c1-49(2,3)34-25-26-52-47(30-34)55-44-21-16-22-46(57(10,11)12)48(44)41-24-23-40(32-45(41)55)56-39-18-15-17-37(31-39)53-33-54(43-20-14-13-19-42(43)53)38-28-35(50(4,5)6)27-36(29-38)51(7,8)9;/h13-30,33H,1-12H3;/q-3;. The summed E-state index contributed by atoms with van der Waals surface area (Å²) in [5.41, 5.74) is 10.2. The number of rotatable bonds is 6. The van der Waals surface area contributed by atoms with Gasteiger partial charge >= 0.3 is 0 Å². The van der Waals surface area contributed by atoms with Crippen LogP contribution in [0.25, 0.3) is 27.6 Å². The van der Waals surface area contributed by atoms with Crippen LogP contribution in [0.4, 0.5) is 22.7 Å². The molecule has 302 valence electrons. The summed E-state index contributed by atoms with van der Waals surface area (Å²) in [7, 11) is -1.71. The Bertz CT molecular complexity index is 2620. The summed E-state index contributed by atoms with van der Waals surface area (Å²) in [5.74, 6) is 2.13. The van der Waals surface area contributed by atoms with Crippen LogP contribution in [0.2, 0.25) is 19.6 Å². The van der Waals surface area contributed by atoms with Crippen LogP contribution in [0.5, 0.6) is 11.5 Å². The van der Waals surface area contributed by atoms with Crippen molar-refractivity contribution in [3.05, 3.63) is 145 Å². The molecular formula is C51H55N4OPtSi-3. The number of hydrogen-bond donors (Lipinski definition) is 0. The number of fused-ring (bicyclic) bond motifs is 4. The number of hydrogen-bond acceptors (Lipinski definition) is 4. The van der Waals surface area contributed by atoms with Crippen LogP contribution in [-0.2, 0) is 37.3 Å². The van der Waals surface area contributed by atoms with Gasteiger partial charge in [-0.2, -0.15) is 12.1 Å². The molecule has 0 atom stereocenters. The Hall–Kier alpha value is -4.64. The average molecular weight is 963 g/mol. The number of benzene rings is 5. The number of aromatic nitrogens is 2.